The van der Waals surface area contributed by atoms with Gasteiger partial charge in [-0.25, -0.2) is 0 Å². The maximum atomic E-state index is 4.01. The molecule has 0 aliphatic rings. The molecule has 1 nitrogen and oxygen atoms in total. The van der Waals surface area contributed by atoms with Crippen molar-refractivity contribution in [1.29, 1.82) is 0 Å². The Bertz CT molecular complexity index is 968. The highest BCUT2D eigenvalue weighted by molar-refractivity contribution is 5.90. The fraction of sp³-hybridized carbons (Fsp3) is 0.280. The van der Waals surface area contributed by atoms with Crippen LogP contribution in [0, 0.1) is 13.8 Å². The minimum Gasteiger partial charge on any atom is -0.310 e. The Labute approximate surface area is 157 Å². The van der Waals surface area contributed by atoms with E-state index in [4.69, 9.17) is 0 Å². The van der Waals surface area contributed by atoms with Gasteiger partial charge >= 0.3 is 0 Å². The third kappa shape index (κ3) is 3.39. The molecular formula is C25H29N. The number of aromatic nitrogens is 1. The van der Waals surface area contributed by atoms with E-state index in [0.29, 0.717) is 5.92 Å². The van der Waals surface area contributed by atoms with Crippen LogP contribution < -0.4 is 0 Å². The Morgan fingerprint density at radius 2 is 1.81 bits per heavy atom. The third-order valence-corrected chi connectivity index (χ3v) is 5.28. The lowest BCUT2D eigenvalue weighted by Crippen LogP contribution is -1.98. The zero-order valence-electron chi connectivity index (χ0n) is 16.6. The van der Waals surface area contributed by atoms with Gasteiger partial charge < -0.3 is 4.57 Å². The summed E-state index contributed by atoms with van der Waals surface area (Å²) in [6.07, 6.45) is 5.45. The molecule has 3 aromatic rings. The molecule has 1 atom stereocenters. The van der Waals surface area contributed by atoms with Crippen LogP contribution in [-0.4, -0.2) is 4.57 Å². The molecule has 0 aliphatic carbocycles. The Morgan fingerprint density at radius 3 is 2.42 bits per heavy atom. The van der Waals surface area contributed by atoms with Gasteiger partial charge in [0, 0.05) is 16.8 Å². The standard InChI is InChI=1S/C25H29N/c1-7-19(5)21-10-12-22(13-11-21)26-24(14-8-17(2)3)20(6)23-16-18(4)9-15-25(23)26/h8-16,19H,2,7H2,1,3-6H3/b14-8-. The summed E-state index contributed by atoms with van der Waals surface area (Å²) in [6.45, 7) is 14.9. The predicted octanol–water partition coefficient (Wildman–Crippen LogP) is 7.35. The first-order valence-electron chi connectivity index (χ1n) is 9.48. The Kier molecular flexibility index (Phi) is 5.18. The van der Waals surface area contributed by atoms with Gasteiger partial charge in [0.05, 0.1) is 5.52 Å². The highest BCUT2D eigenvalue weighted by Gasteiger charge is 2.14. The Hall–Kier alpha value is -2.54. The van der Waals surface area contributed by atoms with Crippen LogP contribution in [0.2, 0.25) is 0 Å². The highest BCUT2D eigenvalue weighted by Crippen LogP contribution is 2.31. The summed E-state index contributed by atoms with van der Waals surface area (Å²) in [5.41, 5.74) is 8.76. The molecule has 1 aromatic heterocycles. The quantitative estimate of drug-likeness (QED) is 0.427. The average Bonchev–Trinajstić information content (AvgIpc) is 2.91. The first-order valence-corrected chi connectivity index (χ1v) is 9.48. The summed E-state index contributed by atoms with van der Waals surface area (Å²) in [6, 6.07) is 15.7. The van der Waals surface area contributed by atoms with E-state index in [0.717, 1.165) is 12.0 Å². The van der Waals surface area contributed by atoms with Crippen molar-refractivity contribution in [2.75, 3.05) is 0 Å². The van der Waals surface area contributed by atoms with Crippen LogP contribution in [-0.2, 0) is 0 Å². The summed E-state index contributed by atoms with van der Waals surface area (Å²) in [4.78, 5) is 0. The number of fused-ring (bicyclic) bond motifs is 1. The molecule has 0 amide bonds. The van der Waals surface area contributed by atoms with Crippen molar-refractivity contribution in [3.05, 3.63) is 83.1 Å². The molecule has 0 fully saturated rings. The summed E-state index contributed by atoms with van der Waals surface area (Å²) in [7, 11) is 0. The zero-order valence-corrected chi connectivity index (χ0v) is 16.6. The van der Waals surface area contributed by atoms with Crippen LogP contribution in [0.3, 0.4) is 0 Å². The van der Waals surface area contributed by atoms with Gasteiger partial charge in [-0.1, -0.05) is 55.8 Å². The first-order chi connectivity index (χ1) is 12.4. The van der Waals surface area contributed by atoms with E-state index < -0.39 is 0 Å². The van der Waals surface area contributed by atoms with Gasteiger partial charge in [0.2, 0.25) is 0 Å². The average molecular weight is 344 g/mol. The number of allylic oxidation sites excluding steroid dienone is 2. The van der Waals surface area contributed by atoms with Gasteiger partial charge in [0.25, 0.3) is 0 Å². The monoisotopic (exact) mass is 343 g/mol. The summed E-state index contributed by atoms with van der Waals surface area (Å²) in [5.74, 6) is 0.595. The molecule has 0 spiro atoms. The van der Waals surface area contributed by atoms with Gasteiger partial charge in [-0.15, -0.1) is 0 Å². The van der Waals surface area contributed by atoms with Crippen LogP contribution in [0.15, 0.2) is 60.7 Å². The second-order valence-corrected chi connectivity index (χ2v) is 7.45. The van der Waals surface area contributed by atoms with E-state index >= 15 is 0 Å². The van der Waals surface area contributed by atoms with E-state index in [9.17, 15) is 0 Å². The molecule has 0 aliphatic heterocycles. The van der Waals surface area contributed by atoms with E-state index in [2.05, 4.69) is 93.5 Å². The molecule has 2 aromatic carbocycles. The molecule has 0 radical (unpaired) electrons. The van der Waals surface area contributed by atoms with Crippen LogP contribution in [0.4, 0.5) is 0 Å². The summed E-state index contributed by atoms with van der Waals surface area (Å²) < 4.78 is 2.37. The maximum Gasteiger partial charge on any atom is 0.0537 e. The van der Waals surface area contributed by atoms with Gasteiger partial charge in [-0.05, 0) is 74.6 Å². The predicted molar refractivity (Wildman–Crippen MR) is 115 cm³/mol. The van der Waals surface area contributed by atoms with Crippen LogP contribution >= 0.6 is 0 Å². The molecule has 134 valence electrons. The molecule has 0 saturated heterocycles. The van der Waals surface area contributed by atoms with Crippen molar-refractivity contribution in [2.24, 2.45) is 0 Å². The van der Waals surface area contributed by atoms with Crippen LogP contribution in [0.25, 0.3) is 22.7 Å². The van der Waals surface area contributed by atoms with Crippen LogP contribution in [0.1, 0.15) is 55.5 Å². The molecule has 1 heterocycles. The van der Waals surface area contributed by atoms with Gasteiger partial charge in [0.15, 0.2) is 0 Å². The third-order valence-electron chi connectivity index (χ3n) is 5.28. The first kappa shape index (κ1) is 18.3. The minimum atomic E-state index is 0.595. The fourth-order valence-corrected chi connectivity index (χ4v) is 3.47. The minimum absolute atomic E-state index is 0.595. The highest BCUT2D eigenvalue weighted by atomic mass is 15.0. The molecule has 0 N–H and O–H groups in total. The van der Waals surface area contributed by atoms with E-state index in [1.807, 2.05) is 6.92 Å². The SMILES string of the molecule is C=C(C)/C=C\c1c(C)c2cc(C)ccc2n1-c1ccc(C(C)CC)cc1. The number of rotatable bonds is 5. The number of benzene rings is 2. The van der Waals surface area contributed by atoms with Crippen molar-refractivity contribution in [3.63, 3.8) is 0 Å². The lowest BCUT2D eigenvalue weighted by Gasteiger charge is -2.13. The summed E-state index contributed by atoms with van der Waals surface area (Å²) >= 11 is 0. The van der Waals surface area contributed by atoms with Gasteiger partial charge in [-0.3, -0.25) is 0 Å². The number of nitrogens with zero attached hydrogens (tertiary/aromatic N) is 1. The second kappa shape index (κ2) is 7.37. The van der Waals surface area contributed by atoms with Crippen molar-refractivity contribution in [3.8, 4) is 5.69 Å². The topological polar surface area (TPSA) is 4.93 Å². The normalized spacial score (nSPS) is 12.8. The molecule has 0 bridgehead atoms. The van der Waals surface area contributed by atoms with Gasteiger partial charge in [0.1, 0.15) is 0 Å². The largest absolute Gasteiger partial charge is 0.310 e. The smallest absolute Gasteiger partial charge is 0.0537 e. The molecule has 3 rings (SSSR count). The molecule has 1 heteroatoms. The number of aryl methyl sites for hydroxylation is 2. The summed E-state index contributed by atoms with van der Waals surface area (Å²) in [5, 5.41) is 1.32. The molecule has 0 saturated carbocycles. The Morgan fingerprint density at radius 1 is 1.12 bits per heavy atom. The van der Waals surface area contributed by atoms with Crippen molar-refractivity contribution >= 4 is 17.0 Å². The van der Waals surface area contributed by atoms with E-state index in [1.54, 1.807) is 0 Å². The van der Waals surface area contributed by atoms with Crippen molar-refractivity contribution < 1.29 is 0 Å². The Balaban J connectivity index is 2.23. The maximum absolute atomic E-state index is 4.01. The van der Waals surface area contributed by atoms with Crippen molar-refractivity contribution in [1.82, 2.24) is 4.57 Å². The zero-order chi connectivity index (χ0) is 18.8. The second-order valence-electron chi connectivity index (χ2n) is 7.45. The lowest BCUT2D eigenvalue weighted by molar-refractivity contribution is 0.733. The molecular weight excluding hydrogens is 314 g/mol. The van der Waals surface area contributed by atoms with Crippen molar-refractivity contribution in [2.45, 2.75) is 47.0 Å². The molecule has 26 heavy (non-hydrogen) atoms. The van der Waals surface area contributed by atoms with E-state index in [1.165, 1.54) is 39.0 Å². The lowest BCUT2D eigenvalue weighted by atomic mass is 9.98. The van der Waals surface area contributed by atoms with Gasteiger partial charge in [-0.2, -0.15) is 0 Å². The fourth-order valence-electron chi connectivity index (χ4n) is 3.47. The number of hydrogen-bond donors (Lipinski definition) is 0. The molecule has 1 unspecified atom stereocenters. The number of hydrogen-bond acceptors (Lipinski definition) is 0. The van der Waals surface area contributed by atoms with Crippen LogP contribution in [0.5, 0.6) is 0 Å². The van der Waals surface area contributed by atoms with E-state index in [-0.39, 0.29) is 0 Å².